The Labute approximate surface area is 487 Å². The van der Waals surface area contributed by atoms with E-state index in [0.717, 1.165) is 70.6 Å². The second-order valence-electron chi connectivity index (χ2n) is 24.2. The van der Waals surface area contributed by atoms with E-state index in [1.54, 1.807) is 0 Å². The lowest BCUT2D eigenvalue weighted by Gasteiger charge is -2.18. The molecule has 0 aromatic heterocycles. The molecule has 0 aliphatic heterocycles. The van der Waals surface area contributed by atoms with Gasteiger partial charge in [-0.1, -0.05) is 353 Å². The molecule has 0 bridgehead atoms. The molecule has 0 spiro atoms. The first-order valence-electron chi connectivity index (χ1n) is 35.3. The minimum atomic E-state index is -0.772. The molecule has 6 heteroatoms. The molecule has 0 saturated carbocycles. The number of unbranched alkanes of at least 4 members (excludes halogenated alkanes) is 51. The molecule has 0 aliphatic rings. The van der Waals surface area contributed by atoms with E-state index in [1.807, 2.05) is 0 Å². The van der Waals surface area contributed by atoms with Gasteiger partial charge in [-0.3, -0.25) is 14.4 Å². The van der Waals surface area contributed by atoms with Crippen LogP contribution in [0.2, 0.25) is 0 Å². The SMILES string of the molecule is CCCCC/C=C\C/C=C\CCCCCCCCCC(=O)OC(COC(=O)CCCCCCCCCCCCCCC)COC(=O)CCCCCCCCCCCCCCCCCCCCCCCCCCCCCCCC. The van der Waals surface area contributed by atoms with Gasteiger partial charge in [0.05, 0.1) is 0 Å². The molecule has 0 aromatic carbocycles. The normalized spacial score (nSPS) is 12.1. The Bertz CT molecular complexity index is 1260. The van der Waals surface area contributed by atoms with Crippen molar-refractivity contribution in [2.75, 3.05) is 13.2 Å². The van der Waals surface area contributed by atoms with Gasteiger partial charge < -0.3 is 14.2 Å². The summed E-state index contributed by atoms with van der Waals surface area (Å²) in [5.41, 5.74) is 0. The summed E-state index contributed by atoms with van der Waals surface area (Å²) in [7, 11) is 0. The van der Waals surface area contributed by atoms with Crippen LogP contribution in [0.25, 0.3) is 0 Å². The lowest BCUT2D eigenvalue weighted by atomic mass is 10.0. The molecule has 78 heavy (non-hydrogen) atoms. The highest BCUT2D eigenvalue weighted by Gasteiger charge is 2.19. The van der Waals surface area contributed by atoms with Crippen LogP contribution >= 0.6 is 0 Å². The van der Waals surface area contributed by atoms with Gasteiger partial charge in [-0.15, -0.1) is 0 Å². The number of carbonyl (C=O) groups excluding carboxylic acids is 3. The molecule has 0 fully saturated rings. The summed E-state index contributed by atoms with van der Waals surface area (Å²) >= 11 is 0. The summed E-state index contributed by atoms with van der Waals surface area (Å²) in [5, 5.41) is 0. The smallest absolute Gasteiger partial charge is 0.306 e. The first-order chi connectivity index (χ1) is 38.5. The van der Waals surface area contributed by atoms with Crippen LogP contribution < -0.4 is 0 Å². The fraction of sp³-hybridized carbons (Fsp3) is 0.903. The van der Waals surface area contributed by atoms with Crippen LogP contribution in [0, 0.1) is 0 Å². The monoisotopic (exact) mass is 1100 g/mol. The van der Waals surface area contributed by atoms with Gasteiger partial charge in [0.25, 0.3) is 0 Å². The van der Waals surface area contributed by atoms with E-state index in [1.165, 1.54) is 289 Å². The average molecular weight is 1100 g/mol. The first-order valence-corrected chi connectivity index (χ1v) is 35.3. The highest BCUT2D eigenvalue weighted by Crippen LogP contribution is 2.19. The predicted molar refractivity (Wildman–Crippen MR) is 340 cm³/mol. The van der Waals surface area contributed by atoms with Crippen molar-refractivity contribution < 1.29 is 28.6 Å². The van der Waals surface area contributed by atoms with E-state index in [4.69, 9.17) is 14.2 Å². The third kappa shape index (κ3) is 64.7. The lowest BCUT2D eigenvalue weighted by Crippen LogP contribution is -2.30. The van der Waals surface area contributed by atoms with Crippen molar-refractivity contribution in [3.8, 4) is 0 Å². The fourth-order valence-electron chi connectivity index (χ4n) is 10.9. The van der Waals surface area contributed by atoms with Crippen molar-refractivity contribution in [3.63, 3.8) is 0 Å². The summed E-state index contributed by atoms with van der Waals surface area (Å²) in [4.78, 5) is 38.4. The van der Waals surface area contributed by atoms with Crippen molar-refractivity contribution in [2.24, 2.45) is 0 Å². The Morgan fingerprint density at radius 1 is 0.256 bits per heavy atom. The molecular formula is C72H136O6. The Hall–Kier alpha value is -2.11. The molecule has 0 aliphatic carbocycles. The standard InChI is InChI=1S/C72H136O6/c1-4-7-10-13-16-19-22-25-27-29-30-31-32-33-34-35-36-37-38-39-40-41-43-44-47-50-53-56-59-62-65-71(74)77-68-69(67-76-70(73)64-61-58-55-52-49-46-24-21-18-15-12-9-6-3)78-72(75)66-63-60-57-54-51-48-45-42-28-26-23-20-17-14-11-8-5-2/h17,20,26,28,69H,4-16,18-19,21-25,27,29-68H2,1-3H3/b20-17-,28-26-. The summed E-state index contributed by atoms with van der Waals surface area (Å²) in [6, 6.07) is 0. The minimum Gasteiger partial charge on any atom is -0.462 e. The van der Waals surface area contributed by atoms with Gasteiger partial charge in [0, 0.05) is 19.3 Å². The third-order valence-corrected chi connectivity index (χ3v) is 16.2. The van der Waals surface area contributed by atoms with Crippen molar-refractivity contribution in [3.05, 3.63) is 24.3 Å². The molecule has 0 saturated heterocycles. The maximum atomic E-state index is 12.9. The van der Waals surface area contributed by atoms with E-state index in [-0.39, 0.29) is 31.1 Å². The van der Waals surface area contributed by atoms with Crippen LogP contribution in [0.3, 0.4) is 0 Å². The lowest BCUT2D eigenvalue weighted by molar-refractivity contribution is -0.167. The molecule has 0 radical (unpaired) electrons. The molecule has 0 rings (SSSR count). The molecule has 0 aromatic rings. The number of ether oxygens (including phenoxy) is 3. The van der Waals surface area contributed by atoms with Gasteiger partial charge in [0.2, 0.25) is 0 Å². The summed E-state index contributed by atoms with van der Waals surface area (Å²) in [5.74, 6) is -0.846. The van der Waals surface area contributed by atoms with Crippen LogP contribution in [-0.4, -0.2) is 37.2 Å². The summed E-state index contributed by atoms with van der Waals surface area (Å²) in [6.07, 6.45) is 82.2. The second-order valence-corrected chi connectivity index (χ2v) is 24.2. The largest absolute Gasteiger partial charge is 0.462 e. The minimum absolute atomic E-state index is 0.0683. The quantitative estimate of drug-likeness (QED) is 0.0261. The Morgan fingerprint density at radius 2 is 0.462 bits per heavy atom. The van der Waals surface area contributed by atoms with Crippen LogP contribution in [-0.2, 0) is 28.6 Å². The molecule has 1 unspecified atom stereocenters. The number of allylic oxidation sites excluding steroid dienone is 4. The molecule has 460 valence electrons. The van der Waals surface area contributed by atoms with Crippen LogP contribution in [0.5, 0.6) is 0 Å². The van der Waals surface area contributed by atoms with E-state index in [9.17, 15) is 14.4 Å². The number of hydrogen-bond donors (Lipinski definition) is 0. The highest BCUT2D eigenvalue weighted by molar-refractivity contribution is 5.71. The first kappa shape index (κ1) is 75.9. The van der Waals surface area contributed by atoms with Crippen LogP contribution in [0.1, 0.15) is 400 Å². The van der Waals surface area contributed by atoms with E-state index in [0.29, 0.717) is 19.3 Å². The van der Waals surface area contributed by atoms with Crippen LogP contribution in [0.4, 0.5) is 0 Å². The zero-order valence-corrected chi connectivity index (χ0v) is 53.0. The molecule has 6 nitrogen and oxygen atoms in total. The van der Waals surface area contributed by atoms with Crippen molar-refractivity contribution >= 4 is 17.9 Å². The summed E-state index contributed by atoms with van der Waals surface area (Å²) < 4.78 is 17.0. The van der Waals surface area contributed by atoms with Gasteiger partial charge in [0.15, 0.2) is 6.10 Å². The number of carbonyl (C=O) groups is 3. The summed E-state index contributed by atoms with van der Waals surface area (Å²) in [6.45, 7) is 6.68. The Morgan fingerprint density at radius 3 is 0.731 bits per heavy atom. The van der Waals surface area contributed by atoms with E-state index >= 15 is 0 Å². The van der Waals surface area contributed by atoms with Crippen molar-refractivity contribution in [1.29, 1.82) is 0 Å². The number of esters is 3. The maximum absolute atomic E-state index is 12.9. The molecule has 1 atom stereocenters. The van der Waals surface area contributed by atoms with E-state index < -0.39 is 6.10 Å². The topological polar surface area (TPSA) is 78.9 Å². The van der Waals surface area contributed by atoms with Crippen molar-refractivity contribution in [2.45, 2.75) is 406 Å². The maximum Gasteiger partial charge on any atom is 0.306 e. The number of hydrogen-bond acceptors (Lipinski definition) is 6. The van der Waals surface area contributed by atoms with Gasteiger partial charge in [-0.2, -0.15) is 0 Å². The van der Waals surface area contributed by atoms with E-state index in [2.05, 4.69) is 45.1 Å². The third-order valence-electron chi connectivity index (χ3n) is 16.2. The molecule has 0 amide bonds. The molecule has 0 heterocycles. The predicted octanol–water partition coefficient (Wildman–Crippen LogP) is 24.2. The Kier molecular flexibility index (Phi) is 65.6. The molecular weight excluding hydrogens is 961 g/mol. The Balaban J connectivity index is 4.13. The fourth-order valence-corrected chi connectivity index (χ4v) is 10.9. The van der Waals surface area contributed by atoms with Crippen molar-refractivity contribution in [1.82, 2.24) is 0 Å². The number of rotatable bonds is 66. The zero-order valence-electron chi connectivity index (χ0n) is 53.0. The highest BCUT2D eigenvalue weighted by atomic mass is 16.6. The second kappa shape index (κ2) is 67.4. The van der Waals surface area contributed by atoms with Gasteiger partial charge >= 0.3 is 17.9 Å². The average Bonchev–Trinajstić information content (AvgIpc) is 3.44. The zero-order chi connectivity index (χ0) is 56.4. The molecule has 0 N–H and O–H groups in total. The van der Waals surface area contributed by atoms with Gasteiger partial charge in [-0.05, 0) is 51.4 Å². The van der Waals surface area contributed by atoms with Gasteiger partial charge in [-0.25, -0.2) is 0 Å². The van der Waals surface area contributed by atoms with Crippen LogP contribution in [0.15, 0.2) is 24.3 Å². The van der Waals surface area contributed by atoms with Gasteiger partial charge in [0.1, 0.15) is 13.2 Å².